The Kier molecular flexibility index (Phi) is 5.86. The lowest BCUT2D eigenvalue weighted by atomic mass is 10.1. The average molecular weight is 392 g/mol. The molecular formula is C17H18F6N4. The minimum Gasteiger partial charge on any atom is -0.352 e. The van der Waals surface area contributed by atoms with Crippen molar-refractivity contribution in [2.75, 3.05) is 10.6 Å². The van der Waals surface area contributed by atoms with Crippen molar-refractivity contribution in [1.82, 2.24) is 9.97 Å². The first-order valence-electron chi connectivity index (χ1n) is 8.08. The Morgan fingerprint density at radius 1 is 1.04 bits per heavy atom. The van der Waals surface area contributed by atoms with Gasteiger partial charge in [0.1, 0.15) is 5.82 Å². The summed E-state index contributed by atoms with van der Waals surface area (Å²) in [7, 11) is 0. The summed E-state index contributed by atoms with van der Waals surface area (Å²) in [5.41, 5.74) is -2.22. The SMILES string of the molecule is CC[C@H](C)Nc1nc(Nc2cccc(C(F)(F)F)c2C)cc(C(F)(F)F)n1. The first kappa shape index (κ1) is 20.8. The number of aromatic nitrogens is 2. The average Bonchev–Trinajstić information content (AvgIpc) is 2.54. The standard InChI is InChI=1S/C17H18F6N4/c1-4-9(2)24-15-26-13(17(21,22)23)8-14(27-15)25-12-7-5-6-11(10(12)3)16(18,19)20/h5-9H,4H2,1-3H3,(H2,24,25,26,27)/t9-/m0/s1. The van der Waals surface area contributed by atoms with E-state index >= 15 is 0 Å². The monoisotopic (exact) mass is 392 g/mol. The third-order valence-electron chi connectivity index (χ3n) is 3.91. The number of nitrogens with one attached hydrogen (secondary N) is 2. The largest absolute Gasteiger partial charge is 0.433 e. The van der Waals surface area contributed by atoms with Crippen molar-refractivity contribution in [2.45, 2.75) is 45.6 Å². The first-order chi connectivity index (χ1) is 12.4. The summed E-state index contributed by atoms with van der Waals surface area (Å²) in [5.74, 6) is -0.517. The van der Waals surface area contributed by atoms with Gasteiger partial charge < -0.3 is 10.6 Å². The molecule has 2 N–H and O–H groups in total. The maximum absolute atomic E-state index is 13.1. The Morgan fingerprint density at radius 3 is 2.26 bits per heavy atom. The summed E-state index contributed by atoms with van der Waals surface area (Å²) in [4.78, 5) is 7.39. The van der Waals surface area contributed by atoms with Crippen LogP contribution >= 0.6 is 0 Å². The zero-order valence-corrected chi connectivity index (χ0v) is 14.8. The van der Waals surface area contributed by atoms with Gasteiger partial charge in [0.25, 0.3) is 0 Å². The Bertz CT molecular complexity index is 801. The minimum atomic E-state index is -4.73. The summed E-state index contributed by atoms with van der Waals surface area (Å²) >= 11 is 0. The quantitative estimate of drug-likeness (QED) is 0.634. The van der Waals surface area contributed by atoms with E-state index in [9.17, 15) is 26.3 Å². The van der Waals surface area contributed by atoms with Crippen molar-refractivity contribution >= 4 is 17.5 Å². The number of alkyl halides is 6. The highest BCUT2D eigenvalue weighted by Gasteiger charge is 2.35. The smallest absolute Gasteiger partial charge is 0.352 e. The van der Waals surface area contributed by atoms with Crippen molar-refractivity contribution in [3.8, 4) is 0 Å². The Hall–Kier alpha value is -2.52. The molecular weight excluding hydrogens is 374 g/mol. The molecule has 0 radical (unpaired) electrons. The zero-order chi connectivity index (χ0) is 20.4. The van der Waals surface area contributed by atoms with Crippen LogP contribution in [0.25, 0.3) is 0 Å². The van der Waals surface area contributed by atoms with Crippen LogP contribution < -0.4 is 10.6 Å². The van der Waals surface area contributed by atoms with Gasteiger partial charge in [0, 0.05) is 17.8 Å². The van der Waals surface area contributed by atoms with E-state index in [-0.39, 0.29) is 29.1 Å². The third-order valence-corrected chi connectivity index (χ3v) is 3.91. The molecule has 2 aromatic rings. The van der Waals surface area contributed by atoms with Crippen LogP contribution in [0.3, 0.4) is 0 Å². The first-order valence-corrected chi connectivity index (χ1v) is 8.08. The molecule has 27 heavy (non-hydrogen) atoms. The molecule has 2 rings (SSSR count). The predicted molar refractivity (Wildman–Crippen MR) is 89.9 cm³/mol. The van der Waals surface area contributed by atoms with Crippen LogP contribution in [0.5, 0.6) is 0 Å². The fourth-order valence-corrected chi connectivity index (χ4v) is 2.26. The lowest BCUT2D eigenvalue weighted by Crippen LogP contribution is -2.19. The summed E-state index contributed by atoms with van der Waals surface area (Å²) < 4.78 is 78.4. The molecule has 0 spiro atoms. The fourth-order valence-electron chi connectivity index (χ4n) is 2.26. The van der Waals surface area contributed by atoms with Crippen molar-refractivity contribution in [3.63, 3.8) is 0 Å². The molecule has 1 aromatic heterocycles. The van der Waals surface area contributed by atoms with E-state index in [0.717, 1.165) is 6.07 Å². The molecule has 0 unspecified atom stereocenters. The number of rotatable bonds is 5. The molecule has 0 amide bonds. The van der Waals surface area contributed by atoms with Gasteiger partial charge in [-0.2, -0.15) is 31.3 Å². The van der Waals surface area contributed by atoms with Crippen LogP contribution in [0.1, 0.15) is 37.1 Å². The topological polar surface area (TPSA) is 49.8 Å². The molecule has 0 bridgehead atoms. The molecule has 1 heterocycles. The van der Waals surface area contributed by atoms with Gasteiger partial charge >= 0.3 is 12.4 Å². The maximum atomic E-state index is 13.1. The maximum Gasteiger partial charge on any atom is 0.433 e. The normalized spacial score (nSPS) is 13.4. The third kappa shape index (κ3) is 5.24. The number of benzene rings is 1. The lowest BCUT2D eigenvalue weighted by molar-refractivity contribution is -0.141. The fraction of sp³-hybridized carbons (Fsp3) is 0.412. The van der Waals surface area contributed by atoms with E-state index in [2.05, 4.69) is 20.6 Å². The van der Waals surface area contributed by atoms with E-state index in [1.807, 2.05) is 6.92 Å². The predicted octanol–water partition coefficient (Wildman–Crippen LogP) is 5.78. The molecule has 0 saturated heterocycles. The van der Waals surface area contributed by atoms with Crippen LogP contribution in [-0.2, 0) is 12.4 Å². The number of hydrogen-bond acceptors (Lipinski definition) is 4. The number of anilines is 3. The molecule has 4 nitrogen and oxygen atoms in total. The van der Waals surface area contributed by atoms with Gasteiger partial charge in [0.2, 0.25) is 5.95 Å². The second kappa shape index (κ2) is 7.61. The van der Waals surface area contributed by atoms with E-state index in [1.165, 1.54) is 19.1 Å². The molecule has 0 fully saturated rings. The van der Waals surface area contributed by atoms with E-state index in [1.54, 1.807) is 6.92 Å². The van der Waals surface area contributed by atoms with Gasteiger partial charge in [-0.3, -0.25) is 0 Å². The Labute approximate surface area is 152 Å². The lowest BCUT2D eigenvalue weighted by Gasteiger charge is -2.17. The van der Waals surface area contributed by atoms with Crippen molar-refractivity contribution in [1.29, 1.82) is 0 Å². The van der Waals surface area contributed by atoms with Crippen molar-refractivity contribution in [3.05, 3.63) is 41.1 Å². The van der Waals surface area contributed by atoms with Gasteiger partial charge in [-0.15, -0.1) is 0 Å². The molecule has 0 saturated carbocycles. The Morgan fingerprint density at radius 2 is 1.70 bits per heavy atom. The van der Waals surface area contributed by atoms with E-state index in [4.69, 9.17) is 0 Å². The van der Waals surface area contributed by atoms with E-state index < -0.39 is 23.6 Å². The minimum absolute atomic E-state index is 0.00568. The zero-order valence-electron chi connectivity index (χ0n) is 14.8. The second-order valence-corrected chi connectivity index (χ2v) is 6.01. The molecule has 1 atom stereocenters. The van der Waals surface area contributed by atoms with Crippen LogP contribution in [0.4, 0.5) is 43.8 Å². The molecule has 148 valence electrons. The van der Waals surface area contributed by atoms with Gasteiger partial charge in [-0.05, 0) is 38.0 Å². The summed E-state index contributed by atoms with van der Waals surface area (Å²) in [6.45, 7) is 4.81. The summed E-state index contributed by atoms with van der Waals surface area (Å²) in [6.07, 6.45) is -8.68. The Balaban J connectivity index is 2.45. The van der Waals surface area contributed by atoms with Crippen molar-refractivity contribution in [2.24, 2.45) is 0 Å². The number of hydrogen-bond donors (Lipinski definition) is 2. The van der Waals surface area contributed by atoms with Crippen LogP contribution in [0.2, 0.25) is 0 Å². The number of halogens is 6. The van der Waals surface area contributed by atoms with Gasteiger partial charge in [-0.1, -0.05) is 13.0 Å². The highest BCUT2D eigenvalue weighted by atomic mass is 19.4. The van der Waals surface area contributed by atoms with Gasteiger partial charge in [0.15, 0.2) is 5.69 Å². The molecule has 1 aromatic carbocycles. The highest BCUT2D eigenvalue weighted by Crippen LogP contribution is 2.36. The van der Waals surface area contributed by atoms with Crippen molar-refractivity contribution < 1.29 is 26.3 Å². The van der Waals surface area contributed by atoms with E-state index in [0.29, 0.717) is 12.5 Å². The molecule has 0 aliphatic rings. The van der Waals surface area contributed by atoms with Gasteiger partial charge in [-0.25, -0.2) is 4.98 Å². The second-order valence-electron chi connectivity index (χ2n) is 6.01. The van der Waals surface area contributed by atoms with Crippen LogP contribution in [0.15, 0.2) is 24.3 Å². The van der Waals surface area contributed by atoms with Gasteiger partial charge in [0.05, 0.1) is 5.56 Å². The molecule has 0 aliphatic carbocycles. The number of nitrogens with zero attached hydrogens (tertiary/aromatic N) is 2. The summed E-state index contributed by atoms with van der Waals surface area (Å²) in [5, 5.41) is 5.28. The molecule has 10 heteroatoms. The molecule has 0 aliphatic heterocycles. The summed E-state index contributed by atoms with van der Waals surface area (Å²) in [6, 6.07) is 3.87. The van der Waals surface area contributed by atoms with Crippen LogP contribution in [-0.4, -0.2) is 16.0 Å². The highest BCUT2D eigenvalue weighted by molar-refractivity contribution is 5.63. The van der Waals surface area contributed by atoms with Crippen LogP contribution in [0, 0.1) is 6.92 Å².